The largest absolute Gasteiger partial charge is 0.497 e. The van der Waals surface area contributed by atoms with Crippen LogP contribution in [0.2, 0.25) is 5.02 Å². The highest BCUT2D eigenvalue weighted by molar-refractivity contribution is 7.92. The zero-order chi connectivity index (χ0) is 25.0. The predicted molar refractivity (Wildman–Crippen MR) is 137 cm³/mol. The SMILES string of the molecule is COc1cccc(N2CCN(c3ncc(NS(=O)(=O)c4ccc(OC)c(OC)c4)cc3Cl)CC2)c1. The quantitative estimate of drug-likeness (QED) is 0.480. The van der Waals surface area contributed by atoms with Crippen molar-refractivity contribution in [2.24, 2.45) is 0 Å². The monoisotopic (exact) mass is 518 g/mol. The standard InChI is InChI=1S/C24H27ClN4O5S/c1-32-19-6-4-5-18(14-19)28-9-11-29(12-10-28)24-21(25)13-17(16-26-24)27-35(30,31)20-7-8-22(33-2)23(15-20)34-3/h4-8,13-16,27H,9-12H2,1-3H3. The van der Waals surface area contributed by atoms with E-state index in [1.807, 2.05) is 18.2 Å². The molecule has 2 heterocycles. The van der Waals surface area contributed by atoms with Crippen molar-refractivity contribution < 1.29 is 22.6 Å². The molecule has 0 atom stereocenters. The third-order valence-electron chi connectivity index (χ3n) is 5.74. The van der Waals surface area contributed by atoms with Crippen LogP contribution in [0.1, 0.15) is 0 Å². The molecule has 0 bridgehead atoms. The Hall–Kier alpha value is -3.37. The van der Waals surface area contributed by atoms with E-state index in [4.69, 9.17) is 25.8 Å². The number of piperazine rings is 1. The van der Waals surface area contributed by atoms with E-state index in [0.29, 0.717) is 22.3 Å². The third kappa shape index (κ3) is 5.49. The summed E-state index contributed by atoms with van der Waals surface area (Å²) in [4.78, 5) is 8.85. The van der Waals surface area contributed by atoms with E-state index in [0.717, 1.165) is 37.6 Å². The number of aromatic nitrogens is 1. The Morgan fingerprint density at radius 2 is 1.60 bits per heavy atom. The summed E-state index contributed by atoms with van der Waals surface area (Å²) in [6, 6.07) is 13.9. The van der Waals surface area contributed by atoms with Crippen molar-refractivity contribution in [1.29, 1.82) is 0 Å². The molecule has 1 N–H and O–H groups in total. The van der Waals surface area contributed by atoms with Crippen LogP contribution in [0.15, 0.2) is 59.6 Å². The van der Waals surface area contributed by atoms with Crippen molar-refractivity contribution >= 4 is 38.8 Å². The minimum Gasteiger partial charge on any atom is -0.497 e. The fourth-order valence-corrected chi connectivity index (χ4v) is 5.24. The topological polar surface area (TPSA) is 93.2 Å². The molecule has 2 aromatic carbocycles. The van der Waals surface area contributed by atoms with Gasteiger partial charge in [-0.2, -0.15) is 0 Å². The fraction of sp³-hybridized carbons (Fsp3) is 0.292. The second-order valence-electron chi connectivity index (χ2n) is 7.83. The maximum Gasteiger partial charge on any atom is 0.262 e. The lowest BCUT2D eigenvalue weighted by atomic mass is 10.2. The molecule has 0 amide bonds. The summed E-state index contributed by atoms with van der Waals surface area (Å²) >= 11 is 6.51. The summed E-state index contributed by atoms with van der Waals surface area (Å²) in [5.41, 5.74) is 1.37. The van der Waals surface area contributed by atoms with Crippen molar-refractivity contribution in [2.45, 2.75) is 4.90 Å². The molecule has 186 valence electrons. The molecular weight excluding hydrogens is 492 g/mol. The van der Waals surface area contributed by atoms with E-state index in [1.165, 1.54) is 38.6 Å². The number of sulfonamides is 1. The van der Waals surface area contributed by atoms with Crippen LogP contribution in [0.4, 0.5) is 17.2 Å². The molecule has 11 heteroatoms. The van der Waals surface area contributed by atoms with Gasteiger partial charge in [-0.25, -0.2) is 13.4 Å². The molecule has 1 saturated heterocycles. The highest BCUT2D eigenvalue weighted by Crippen LogP contribution is 2.32. The second kappa shape index (κ2) is 10.5. The number of rotatable bonds is 8. The summed E-state index contributed by atoms with van der Waals surface area (Å²) in [5, 5.41) is 0.368. The van der Waals surface area contributed by atoms with Gasteiger partial charge in [0.15, 0.2) is 11.5 Å². The average Bonchev–Trinajstić information content (AvgIpc) is 2.88. The van der Waals surface area contributed by atoms with Gasteiger partial charge in [0.1, 0.15) is 11.6 Å². The van der Waals surface area contributed by atoms with E-state index >= 15 is 0 Å². The van der Waals surface area contributed by atoms with Gasteiger partial charge in [0.2, 0.25) is 0 Å². The molecule has 9 nitrogen and oxygen atoms in total. The second-order valence-corrected chi connectivity index (χ2v) is 9.92. The molecule has 0 unspecified atom stereocenters. The zero-order valence-electron chi connectivity index (χ0n) is 19.7. The summed E-state index contributed by atoms with van der Waals surface area (Å²) in [5.74, 6) is 2.19. The van der Waals surface area contributed by atoms with Crippen molar-refractivity contribution in [2.75, 3.05) is 62.0 Å². The number of ether oxygens (including phenoxy) is 3. The minimum atomic E-state index is -3.88. The maximum absolute atomic E-state index is 12.9. The molecule has 0 aliphatic carbocycles. The Kier molecular flexibility index (Phi) is 7.42. The van der Waals surface area contributed by atoms with Crippen LogP contribution < -0.4 is 28.7 Å². The van der Waals surface area contributed by atoms with Crippen LogP contribution in [0.5, 0.6) is 17.2 Å². The van der Waals surface area contributed by atoms with Crippen molar-refractivity contribution in [3.05, 3.63) is 59.8 Å². The molecule has 1 aliphatic heterocycles. The lowest BCUT2D eigenvalue weighted by molar-refractivity contribution is 0.354. The van der Waals surface area contributed by atoms with Gasteiger partial charge in [0.25, 0.3) is 10.0 Å². The normalized spacial score (nSPS) is 13.9. The van der Waals surface area contributed by atoms with Crippen LogP contribution in [0.3, 0.4) is 0 Å². The number of nitrogens with zero attached hydrogens (tertiary/aromatic N) is 3. The molecule has 0 saturated carbocycles. The molecule has 1 aliphatic rings. The Balaban J connectivity index is 1.44. The van der Waals surface area contributed by atoms with Gasteiger partial charge in [0, 0.05) is 44.0 Å². The van der Waals surface area contributed by atoms with Crippen molar-refractivity contribution in [3.8, 4) is 17.2 Å². The van der Waals surface area contributed by atoms with Crippen LogP contribution >= 0.6 is 11.6 Å². The summed E-state index contributed by atoms with van der Waals surface area (Å²) in [6.45, 7) is 3.03. The van der Waals surface area contributed by atoms with Crippen LogP contribution in [0, 0.1) is 0 Å². The first-order valence-electron chi connectivity index (χ1n) is 10.9. The van der Waals surface area contributed by atoms with Gasteiger partial charge >= 0.3 is 0 Å². The fourth-order valence-electron chi connectivity index (χ4n) is 3.90. The Morgan fingerprint density at radius 1 is 0.886 bits per heavy atom. The van der Waals surface area contributed by atoms with Crippen molar-refractivity contribution in [3.63, 3.8) is 0 Å². The Morgan fingerprint density at radius 3 is 2.26 bits per heavy atom. The summed E-state index contributed by atoms with van der Waals surface area (Å²) in [6.07, 6.45) is 1.47. The van der Waals surface area contributed by atoms with Gasteiger partial charge in [0.05, 0.1) is 43.1 Å². The number of nitrogens with one attached hydrogen (secondary N) is 1. The molecule has 1 fully saturated rings. The van der Waals surface area contributed by atoms with E-state index in [-0.39, 0.29) is 10.6 Å². The lowest BCUT2D eigenvalue weighted by Crippen LogP contribution is -2.47. The number of anilines is 3. The van der Waals surface area contributed by atoms with Gasteiger partial charge < -0.3 is 24.0 Å². The molecule has 0 spiro atoms. The first kappa shape index (κ1) is 24.7. The van der Waals surface area contributed by atoms with Crippen LogP contribution in [0.25, 0.3) is 0 Å². The number of pyridine rings is 1. The summed E-state index contributed by atoms with van der Waals surface area (Å²) < 4.78 is 44.0. The molecule has 35 heavy (non-hydrogen) atoms. The number of hydrogen-bond acceptors (Lipinski definition) is 8. The molecule has 1 aromatic heterocycles. The predicted octanol–water partition coefficient (Wildman–Crippen LogP) is 3.89. The van der Waals surface area contributed by atoms with Crippen molar-refractivity contribution in [1.82, 2.24) is 4.98 Å². The van der Waals surface area contributed by atoms with E-state index < -0.39 is 10.0 Å². The smallest absolute Gasteiger partial charge is 0.262 e. The van der Waals surface area contributed by atoms with E-state index in [2.05, 4.69) is 25.6 Å². The van der Waals surface area contributed by atoms with Gasteiger partial charge in [-0.15, -0.1) is 0 Å². The molecular formula is C24H27ClN4O5S. The first-order valence-corrected chi connectivity index (χ1v) is 12.7. The number of methoxy groups -OCH3 is 3. The average molecular weight is 519 g/mol. The third-order valence-corrected chi connectivity index (χ3v) is 7.39. The summed E-state index contributed by atoms with van der Waals surface area (Å²) in [7, 11) is 0.701. The molecule has 3 aromatic rings. The van der Waals surface area contributed by atoms with E-state index in [9.17, 15) is 8.42 Å². The maximum atomic E-state index is 12.9. The Labute approximate surface area is 210 Å². The highest BCUT2D eigenvalue weighted by atomic mass is 35.5. The number of benzene rings is 2. The number of halogens is 1. The van der Waals surface area contributed by atoms with Gasteiger partial charge in [-0.3, -0.25) is 4.72 Å². The molecule has 4 rings (SSSR count). The number of hydrogen-bond donors (Lipinski definition) is 1. The Bertz CT molecular complexity index is 1300. The zero-order valence-corrected chi connectivity index (χ0v) is 21.3. The van der Waals surface area contributed by atoms with E-state index in [1.54, 1.807) is 13.2 Å². The minimum absolute atomic E-state index is 0.0315. The first-order chi connectivity index (χ1) is 16.8. The highest BCUT2D eigenvalue weighted by Gasteiger charge is 2.22. The lowest BCUT2D eigenvalue weighted by Gasteiger charge is -2.37. The van der Waals surface area contributed by atoms with Gasteiger partial charge in [-0.05, 0) is 30.3 Å². The van der Waals surface area contributed by atoms with Gasteiger partial charge in [-0.1, -0.05) is 17.7 Å². The van der Waals surface area contributed by atoms with Crippen LogP contribution in [-0.2, 0) is 10.0 Å². The molecule has 0 radical (unpaired) electrons. The van der Waals surface area contributed by atoms with Crippen LogP contribution in [-0.4, -0.2) is 60.9 Å².